The molecule has 1 atom stereocenters. The van der Waals surface area contributed by atoms with Crippen LogP contribution in [0.25, 0.3) is 0 Å². The van der Waals surface area contributed by atoms with E-state index in [4.69, 9.17) is 14.2 Å². The van der Waals surface area contributed by atoms with Gasteiger partial charge < -0.3 is 19.5 Å². The molecular formula is C24H28N2O5. The Bertz CT molecular complexity index is 941. The second-order valence-corrected chi connectivity index (χ2v) is 8.09. The second kappa shape index (κ2) is 9.49. The number of fused-ring (bicyclic) bond motifs is 1. The summed E-state index contributed by atoms with van der Waals surface area (Å²) < 4.78 is 16.7. The molecule has 2 aromatic rings. The predicted octanol–water partition coefficient (Wildman–Crippen LogP) is 2.19. The molecule has 2 aromatic carbocycles. The van der Waals surface area contributed by atoms with Crippen LogP contribution in [-0.4, -0.2) is 61.8 Å². The van der Waals surface area contributed by atoms with Gasteiger partial charge in [0.2, 0.25) is 0 Å². The summed E-state index contributed by atoms with van der Waals surface area (Å²) in [5.41, 5.74) is 1.04. The van der Waals surface area contributed by atoms with Gasteiger partial charge in [0, 0.05) is 32.6 Å². The number of nitrogens with zero attached hydrogens (tertiary/aromatic N) is 1. The Balaban J connectivity index is 1.30. The van der Waals surface area contributed by atoms with Gasteiger partial charge in [0.25, 0.3) is 5.91 Å². The molecule has 0 aromatic heterocycles. The zero-order valence-corrected chi connectivity index (χ0v) is 17.8. The van der Waals surface area contributed by atoms with Crippen molar-refractivity contribution in [3.8, 4) is 5.75 Å². The van der Waals surface area contributed by atoms with Gasteiger partial charge in [-0.25, -0.2) is 4.79 Å². The maximum Gasteiger partial charge on any atom is 0.339 e. The molecule has 31 heavy (non-hydrogen) atoms. The molecule has 0 spiro atoms. The van der Waals surface area contributed by atoms with Crippen LogP contribution in [0.5, 0.6) is 5.75 Å². The van der Waals surface area contributed by atoms with Crippen LogP contribution >= 0.6 is 0 Å². The number of amides is 1. The minimum atomic E-state index is -1.22. The summed E-state index contributed by atoms with van der Waals surface area (Å²) in [5, 5.41) is 2.90. The highest BCUT2D eigenvalue weighted by Crippen LogP contribution is 2.28. The van der Waals surface area contributed by atoms with Crippen LogP contribution in [0.4, 0.5) is 0 Å². The topological polar surface area (TPSA) is 77.1 Å². The van der Waals surface area contributed by atoms with Crippen LogP contribution in [0.3, 0.4) is 0 Å². The van der Waals surface area contributed by atoms with Gasteiger partial charge in [-0.2, -0.15) is 0 Å². The third-order valence-electron chi connectivity index (χ3n) is 5.69. The molecule has 2 aliphatic heterocycles. The molecule has 1 amide bonds. The zero-order chi connectivity index (χ0) is 21.7. The number of morpholine rings is 1. The second-order valence-electron chi connectivity index (χ2n) is 8.09. The Morgan fingerprint density at radius 2 is 1.97 bits per heavy atom. The van der Waals surface area contributed by atoms with E-state index in [1.54, 1.807) is 19.1 Å². The lowest BCUT2D eigenvalue weighted by atomic mass is 9.89. The van der Waals surface area contributed by atoms with Crippen LogP contribution in [0, 0.1) is 0 Å². The highest BCUT2D eigenvalue weighted by Gasteiger charge is 2.42. The highest BCUT2D eigenvalue weighted by molar-refractivity contribution is 5.97. The average molecular weight is 424 g/mol. The Morgan fingerprint density at radius 1 is 1.16 bits per heavy atom. The van der Waals surface area contributed by atoms with Crippen molar-refractivity contribution >= 4 is 11.9 Å². The highest BCUT2D eigenvalue weighted by atomic mass is 16.6. The molecule has 1 N–H and O–H groups in total. The predicted molar refractivity (Wildman–Crippen MR) is 115 cm³/mol. The van der Waals surface area contributed by atoms with Gasteiger partial charge in [-0.05, 0) is 36.2 Å². The van der Waals surface area contributed by atoms with Gasteiger partial charge in [-0.15, -0.1) is 0 Å². The van der Waals surface area contributed by atoms with Gasteiger partial charge in [0.1, 0.15) is 12.4 Å². The Morgan fingerprint density at radius 3 is 2.81 bits per heavy atom. The van der Waals surface area contributed by atoms with E-state index in [1.807, 2.05) is 36.4 Å². The van der Waals surface area contributed by atoms with Crippen LogP contribution in [0.15, 0.2) is 48.5 Å². The molecule has 0 radical (unpaired) electrons. The van der Waals surface area contributed by atoms with E-state index in [0.29, 0.717) is 25.1 Å². The normalized spacial score (nSPS) is 21.1. The van der Waals surface area contributed by atoms with E-state index in [-0.39, 0.29) is 5.91 Å². The van der Waals surface area contributed by atoms with Gasteiger partial charge >= 0.3 is 5.97 Å². The minimum absolute atomic E-state index is 0.311. The third kappa shape index (κ3) is 5.24. The van der Waals surface area contributed by atoms with Crippen molar-refractivity contribution in [3.05, 3.63) is 65.2 Å². The van der Waals surface area contributed by atoms with Crippen molar-refractivity contribution in [1.29, 1.82) is 0 Å². The SMILES string of the molecule is CC1(C(=O)NCc2cccc(OCCN3CCOCC3)c2)Cc2ccccc2C(=O)O1. The zero-order valence-electron chi connectivity index (χ0n) is 17.8. The van der Waals surface area contributed by atoms with E-state index in [1.165, 1.54) is 0 Å². The number of benzene rings is 2. The molecule has 1 fully saturated rings. The van der Waals surface area contributed by atoms with Gasteiger partial charge in [0.05, 0.1) is 18.8 Å². The van der Waals surface area contributed by atoms with Crippen molar-refractivity contribution in [3.63, 3.8) is 0 Å². The van der Waals surface area contributed by atoms with Crippen molar-refractivity contribution in [1.82, 2.24) is 10.2 Å². The van der Waals surface area contributed by atoms with Crippen LogP contribution in [-0.2, 0) is 27.2 Å². The summed E-state index contributed by atoms with van der Waals surface area (Å²) in [5.74, 6) is -0.00611. The molecule has 1 saturated heterocycles. The van der Waals surface area contributed by atoms with Crippen LogP contribution in [0.2, 0.25) is 0 Å². The molecule has 7 heteroatoms. The Labute approximate surface area is 182 Å². The van der Waals surface area contributed by atoms with Crippen molar-refractivity contribution in [2.45, 2.75) is 25.5 Å². The molecule has 2 aliphatic rings. The number of cyclic esters (lactones) is 1. The number of nitrogens with one attached hydrogen (secondary N) is 1. The number of ether oxygens (including phenoxy) is 3. The Kier molecular flexibility index (Phi) is 6.53. The van der Waals surface area contributed by atoms with Crippen molar-refractivity contribution in [2.75, 3.05) is 39.5 Å². The third-order valence-corrected chi connectivity index (χ3v) is 5.69. The van der Waals surface area contributed by atoms with Crippen LogP contribution in [0.1, 0.15) is 28.4 Å². The smallest absolute Gasteiger partial charge is 0.339 e. The van der Waals surface area contributed by atoms with E-state index in [9.17, 15) is 9.59 Å². The molecule has 0 bridgehead atoms. The number of hydrogen-bond acceptors (Lipinski definition) is 6. The summed E-state index contributed by atoms with van der Waals surface area (Å²) in [6.45, 7) is 6.85. The maximum atomic E-state index is 12.8. The van der Waals surface area contributed by atoms with Crippen molar-refractivity contribution < 1.29 is 23.8 Å². The molecule has 2 heterocycles. The first-order valence-corrected chi connectivity index (χ1v) is 10.6. The standard InChI is InChI=1S/C24H28N2O5/c1-24(16-19-6-2-3-8-21(19)22(27)31-24)23(28)25-17-18-5-4-7-20(15-18)30-14-11-26-9-12-29-13-10-26/h2-8,15H,9-14,16-17H2,1H3,(H,25,28). The maximum absolute atomic E-state index is 12.8. The number of hydrogen-bond donors (Lipinski definition) is 1. The molecule has 0 aliphatic carbocycles. The van der Waals surface area contributed by atoms with E-state index in [2.05, 4.69) is 10.2 Å². The molecule has 7 nitrogen and oxygen atoms in total. The monoisotopic (exact) mass is 424 g/mol. The molecule has 4 rings (SSSR count). The molecular weight excluding hydrogens is 396 g/mol. The fourth-order valence-electron chi connectivity index (χ4n) is 3.89. The van der Waals surface area contributed by atoms with Gasteiger partial charge in [0.15, 0.2) is 5.60 Å². The summed E-state index contributed by atoms with van der Waals surface area (Å²) in [7, 11) is 0. The summed E-state index contributed by atoms with van der Waals surface area (Å²) in [6.07, 6.45) is 0.353. The van der Waals surface area contributed by atoms with Crippen molar-refractivity contribution in [2.24, 2.45) is 0 Å². The number of rotatable bonds is 7. The summed E-state index contributed by atoms with van der Waals surface area (Å²) in [4.78, 5) is 27.5. The largest absolute Gasteiger partial charge is 0.492 e. The fraction of sp³-hybridized carbons (Fsp3) is 0.417. The van der Waals surface area contributed by atoms with Crippen LogP contribution < -0.4 is 10.1 Å². The van der Waals surface area contributed by atoms with E-state index in [0.717, 1.165) is 49.7 Å². The lowest BCUT2D eigenvalue weighted by Crippen LogP contribution is -2.51. The van der Waals surface area contributed by atoms with E-state index < -0.39 is 11.6 Å². The number of carbonyl (C=O) groups excluding carboxylic acids is 2. The quantitative estimate of drug-likeness (QED) is 0.687. The average Bonchev–Trinajstić information content (AvgIpc) is 2.78. The minimum Gasteiger partial charge on any atom is -0.492 e. The summed E-state index contributed by atoms with van der Waals surface area (Å²) in [6, 6.07) is 14.9. The first-order chi connectivity index (χ1) is 15.0. The van der Waals surface area contributed by atoms with Gasteiger partial charge in [-0.3, -0.25) is 9.69 Å². The number of esters is 1. The van der Waals surface area contributed by atoms with Gasteiger partial charge in [-0.1, -0.05) is 30.3 Å². The molecule has 1 unspecified atom stereocenters. The first-order valence-electron chi connectivity index (χ1n) is 10.6. The lowest BCUT2D eigenvalue weighted by molar-refractivity contribution is -0.140. The Hall–Kier alpha value is -2.90. The molecule has 0 saturated carbocycles. The first kappa shape index (κ1) is 21.3. The molecule has 164 valence electrons. The fourth-order valence-corrected chi connectivity index (χ4v) is 3.89. The summed E-state index contributed by atoms with van der Waals surface area (Å²) >= 11 is 0. The lowest BCUT2D eigenvalue weighted by Gasteiger charge is -2.33. The van der Waals surface area contributed by atoms with E-state index >= 15 is 0 Å². The number of carbonyl (C=O) groups is 2.